The van der Waals surface area contributed by atoms with Gasteiger partial charge in [0.25, 0.3) is 0 Å². The number of carbonyl (C=O) groups excluding carboxylic acids is 5. The summed E-state index contributed by atoms with van der Waals surface area (Å²) in [6.45, 7) is -0.408. The zero-order chi connectivity index (χ0) is 35.0. The summed E-state index contributed by atoms with van der Waals surface area (Å²) < 4.78 is 0. The third-order valence-electron chi connectivity index (χ3n) is 9.26. The van der Waals surface area contributed by atoms with Gasteiger partial charge in [-0.1, -0.05) is 48.5 Å². The molecule has 4 atom stereocenters. The molecule has 2 aliphatic heterocycles. The van der Waals surface area contributed by atoms with E-state index < -0.39 is 47.9 Å². The molecule has 0 aliphatic carbocycles. The van der Waals surface area contributed by atoms with Crippen molar-refractivity contribution in [2.75, 3.05) is 26.2 Å². The van der Waals surface area contributed by atoms with Crippen LogP contribution in [0.2, 0.25) is 0 Å². The Morgan fingerprint density at radius 1 is 0.860 bits per heavy atom. The number of aromatic amines is 1. The lowest BCUT2D eigenvalue weighted by atomic mass is 10.0. The lowest BCUT2D eigenvalue weighted by Gasteiger charge is -2.30. The third kappa shape index (κ3) is 8.35. The lowest BCUT2D eigenvalue weighted by molar-refractivity contribution is -0.142. The highest BCUT2D eigenvalue weighted by atomic mass is 16.3. The average molecular weight is 680 g/mol. The molecular weight excluding hydrogens is 638 g/mol. The van der Waals surface area contributed by atoms with Gasteiger partial charge in [-0.3, -0.25) is 29.0 Å². The molecule has 0 spiro atoms. The fourth-order valence-corrected chi connectivity index (χ4v) is 6.65. The number of hydrogen-bond donors (Lipinski definition) is 5. The maximum Gasteiger partial charge on any atom is 0.246 e. The summed E-state index contributed by atoms with van der Waals surface area (Å²) in [6, 6.07) is 17.3. The number of aliphatic hydroxyl groups is 1. The normalized spacial score (nSPS) is 22.3. The van der Waals surface area contributed by atoms with E-state index in [2.05, 4.69) is 25.9 Å². The lowest BCUT2D eigenvalue weighted by Crippen LogP contribution is -2.57. The molecule has 2 aromatic heterocycles. The van der Waals surface area contributed by atoms with Gasteiger partial charge in [0.2, 0.25) is 29.5 Å². The van der Waals surface area contributed by atoms with Gasteiger partial charge in [-0.15, -0.1) is 0 Å². The molecule has 4 heterocycles. The molecule has 13 nitrogen and oxygen atoms in total. The van der Waals surface area contributed by atoms with E-state index in [4.69, 9.17) is 0 Å². The molecule has 2 fully saturated rings. The van der Waals surface area contributed by atoms with Crippen molar-refractivity contribution in [3.8, 4) is 0 Å². The van der Waals surface area contributed by atoms with Crippen molar-refractivity contribution < 1.29 is 29.1 Å². The van der Waals surface area contributed by atoms with Crippen molar-refractivity contribution in [1.82, 2.24) is 35.7 Å². The molecular formula is C37H41N7O6. The largest absolute Gasteiger partial charge is 0.391 e. The first-order chi connectivity index (χ1) is 24.2. The molecule has 50 heavy (non-hydrogen) atoms. The highest BCUT2D eigenvalue weighted by molar-refractivity contribution is 5.96. The predicted molar refractivity (Wildman–Crippen MR) is 184 cm³/mol. The Bertz CT molecular complexity index is 1830. The van der Waals surface area contributed by atoms with Crippen LogP contribution >= 0.6 is 0 Å². The Kier molecular flexibility index (Phi) is 10.8. The van der Waals surface area contributed by atoms with Crippen molar-refractivity contribution in [1.29, 1.82) is 0 Å². The van der Waals surface area contributed by atoms with Gasteiger partial charge in [-0.2, -0.15) is 0 Å². The molecule has 5 N–H and O–H groups in total. The fraction of sp³-hybridized carbons (Fsp3) is 0.351. The number of aryl methyl sites for hydroxylation is 1. The van der Waals surface area contributed by atoms with Crippen molar-refractivity contribution in [3.63, 3.8) is 0 Å². The highest BCUT2D eigenvalue weighted by Crippen LogP contribution is 2.24. The number of aromatic nitrogens is 2. The van der Waals surface area contributed by atoms with Crippen molar-refractivity contribution in [2.45, 2.75) is 56.3 Å². The third-order valence-corrected chi connectivity index (χ3v) is 9.26. The maximum absolute atomic E-state index is 14.3. The molecule has 0 bridgehead atoms. The Morgan fingerprint density at radius 3 is 2.42 bits per heavy atom. The minimum atomic E-state index is -1.11. The summed E-state index contributed by atoms with van der Waals surface area (Å²) in [6.07, 6.45) is 4.89. The number of rotatable bonds is 7. The molecule has 5 amide bonds. The SMILES string of the molecule is O=C1CN(C(=O)CCc2ccncc2)CCNC(=O)[C@H](Cc2ccccc2)NC(=O)[C@@H]2C[C@@H](O)CN2C(=O)[C@@H](Cc2c[nH]c3ccccc23)N1. The van der Waals surface area contributed by atoms with Gasteiger partial charge in [0.05, 0.1) is 12.6 Å². The van der Waals surface area contributed by atoms with Crippen molar-refractivity contribution >= 4 is 40.4 Å². The Balaban J connectivity index is 1.30. The molecule has 2 aliphatic rings. The van der Waals surface area contributed by atoms with Gasteiger partial charge >= 0.3 is 0 Å². The van der Waals surface area contributed by atoms with E-state index in [1.807, 2.05) is 66.7 Å². The Hall–Kier alpha value is -5.56. The second-order valence-electron chi connectivity index (χ2n) is 12.8. The van der Waals surface area contributed by atoms with Gasteiger partial charge in [-0.25, -0.2) is 0 Å². The minimum absolute atomic E-state index is 0.0231. The summed E-state index contributed by atoms with van der Waals surface area (Å²) in [5.74, 6) is -2.46. The van der Waals surface area contributed by atoms with E-state index in [9.17, 15) is 29.1 Å². The summed E-state index contributed by atoms with van der Waals surface area (Å²) >= 11 is 0. The molecule has 0 saturated carbocycles. The number of nitrogens with zero attached hydrogens (tertiary/aromatic N) is 3. The average Bonchev–Trinajstić information content (AvgIpc) is 3.73. The van der Waals surface area contributed by atoms with Crippen LogP contribution < -0.4 is 16.0 Å². The Morgan fingerprint density at radius 2 is 1.62 bits per heavy atom. The fourth-order valence-electron chi connectivity index (χ4n) is 6.65. The molecule has 13 heteroatoms. The summed E-state index contributed by atoms with van der Waals surface area (Å²) in [5.41, 5.74) is 3.36. The number of pyridine rings is 1. The maximum atomic E-state index is 14.3. The topological polar surface area (TPSA) is 177 Å². The van der Waals surface area contributed by atoms with Crippen LogP contribution in [0.15, 0.2) is 85.3 Å². The molecule has 2 aromatic carbocycles. The summed E-state index contributed by atoms with van der Waals surface area (Å²) in [5, 5.41) is 20.1. The number of carbonyl (C=O) groups is 5. The van der Waals surface area contributed by atoms with Crippen LogP contribution in [0.4, 0.5) is 0 Å². The predicted octanol–water partition coefficient (Wildman–Crippen LogP) is 0.871. The number of fused-ring (bicyclic) bond motifs is 2. The summed E-state index contributed by atoms with van der Waals surface area (Å²) in [7, 11) is 0. The van der Waals surface area contributed by atoms with Gasteiger partial charge in [0.15, 0.2) is 0 Å². The van der Waals surface area contributed by atoms with Crippen LogP contribution in [-0.4, -0.2) is 105 Å². The van der Waals surface area contributed by atoms with Crippen molar-refractivity contribution in [2.24, 2.45) is 0 Å². The number of amides is 5. The van der Waals surface area contributed by atoms with Crippen LogP contribution in [0, 0.1) is 0 Å². The second kappa shape index (κ2) is 15.8. The first-order valence-electron chi connectivity index (χ1n) is 16.9. The number of benzene rings is 2. The molecule has 4 aromatic rings. The van der Waals surface area contributed by atoms with Gasteiger partial charge < -0.3 is 35.8 Å². The summed E-state index contributed by atoms with van der Waals surface area (Å²) in [4.78, 5) is 78.8. The van der Waals surface area contributed by atoms with Crippen LogP contribution in [-0.2, 0) is 43.2 Å². The van der Waals surface area contributed by atoms with E-state index in [1.165, 1.54) is 9.80 Å². The van der Waals surface area contributed by atoms with Crippen LogP contribution in [0.3, 0.4) is 0 Å². The van der Waals surface area contributed by atoms with Gasteiger partial charge in [0.1, 0.15) is 18.1 Å². The Labute approximate surface area is 289 Å². The standard InChI is InChI=1S/C37H41N7O6/c45-27-20-32-36(49)42-30(18-25-6-2-1-3-7-25)35(48)39-16-17-43(34(47)11-10-24-12-14-38-15-13-24)23-33(46)41-31(37(50)44(32)22-27)19-26-21-40-29-9-5-4-8-28(26)29/h1-9,12-15,21,27,30-32,40,45H,10-11,16-20,22-23H2,(H,39,48)(H,41,46)(H,42,49)/t27-,30+,31-,32+/m1/s1. The quantitative estimate of drug-likeness (QED) is 0.193. The molecule has 0 radical (unpaired) electrons. The number of hydrogen-bond acceptors (Lipinski definition) is 7. The molecule has 260 valence electrons. The zero-order valence-electron chi connectivity index (χ0n) is 27.6. The number of aliphatic hydroxyl groups excluding tert-OH is 1. The van der Waals surface area contributed by atoms with Gasteiger partial charge in [0, 0.05) is 74.8 Å². The number of nitrogens with one attached hydrogen (secondary N) is 4. The zero-order valence-corrected chi connectivity index (χ0v) is 27.6. The van der Waals surface area contributed by atoms with Crippen LogP contribution in [0.25, 0.3) is 10.9 Å². The highest BCUT2D eigenvalue weighted by Gasteiger charge is 2.43. The molecule has 6 rings (SSSR count). The van der Waals surface area contributed by atoms with Crippen LogP contribution in [0.1, 0.15) is 29.5 Å². The molecule has 0 unspecified atom stereocenters. The van der Waals surface area contributed by atoms with E-state index >= 15 is 0 Å². The van der Waals surface area contributed by atoms with Gasteiger partial charge in [-0.05, 0) is 41.3 Å². The number of H-pyrrole nitrogens is 1. The molecule has 2 saturated heterocycles. The van der Waals surface area contributed by atoms with Crippen LogP contribution in [0.5, 0.6) is 0 Å². The first kappa shape index (κ1) is 34.3. The smallest absolute Gasteiger partial charge is 0.246 e. The van der Waals surface area contributed by atoms with E-state index in [0.717, 1.165) is 27.6 Å². The minimum Gasteiger partial charge on any atom is -0.391 e. The monoisotopic (exact) mass is 679 g/mol. The van der Waals surface area contributed by atoms with E-state index in [-0.39, 0.29) is 57.8 Å². The van der Waals surface area contributed by atoms with Crippen molar-refractivity contribution in [3.05, 3.63) is 102 Å². The van der Waals surface area contributed by atoms with E-state index in [1.54, 1.807) is 18.6 Å². The first-order valence-corrected chi connectivity index (χ1v) is 16.9. The van der Waals surface area contributed by atoms with E-state index in [0.29, 0.717) is 6.42 Å². The second-order valence-corrected chi connectivity index (χ2v) is 12.8. The number of para-hydroxylation sites is 1.